The molecule has 0 radical (unpaired) electrons. The first-order chi connectivity index (χ1) is 13.9. The van der Waals surface area contributed by atoms with E-state index in [-0.39, 0.29) is 17.7 Å². The third-order valence-electron chi connectivity index (χ3n) is 4.13. The highest BCUT2D eigenvalue weighted by Crippen LogP contribution is 2.21. The van der Waals surface area contributed by atoms with Gasteiger partial charge in [0, 0.05) is 22.3 Å². The molecule has 3 rings (SSSR count). The van der Waals surface area contributed by atoms with E-state index in [2.05, 4.69) is 10.3 Å². The highest BCUT2D eigenvalue weighted by molar-refractivity contribution is 6.30. The van der Waals surface area contributed by atoms with Gasteiger partial charge in [0.1, 0.15) is 12.4 Å². The molecule has 0 saturated heterocycles. The number of esters is 1. The summed E-state index contributed by atoms with van der Waals surface area (Å²) in [4.78, 5) is 41.5. The van der Waals surface area contributed by atoms with Crippen molar-refractivity contribution in [3.8, 4) is 11.4 Å². The van der Waals surface area contributed by atoms with E-state index >= 15 is 0 Å². The quantitative estimate of drug-likeness (QED) is 0.650. The molecule has 0 aliphatic heterocycles. The van der Waals surface area contributed by atoms with Crippen LogP contribution < -0.4 is 10.9 Å². The molecule has 8 heteroatoms. The van der Waals surface area contributed by atoms with Crippen LogP contribution in [0.5, 0.6) is 0 Å². The van der Waals surface area contributed by atoms with Gasteiger partial charge < -0.3 is 10.1 Å². The van der Waals surface area contributed by atoms with Crippen LogP contribution in [0.4, 0.5) is 5.69 Å². The van der Waals surface area contributed by atoms with Crippen molar-refractivity contribution in [3.05, 3.63) is 81.2 Å². The molecular formula is C21H18ClN3O4. The highest BCUT2D eigenvalue weighted by Gasteiger charge is 2.16. The molecule has 0 unspecified atom stereocenters. The fraction of sp³-hybridized carbons (Fsp3) is 0.143. The number of ether oxygens (including phenoxy) is 1. The van der Waals surface area contributed by atoms with Crippen molar-refractivity contribution >= 4 is 29.2 Å². The maximum atomic E-state index is 12.7. The molecule has 2 aromatic carbocycles. The van der Waals surface area contributed by atoms with E-state index in [0.717, 1.165) is 0 Å². The molecular weight excluding hydrogens is 394 g/mol. The van der Waals surface area contributed by atoms with Gasteiger partial charge in [-0.3, -0.25) is 14.2 Å². The zero-order valence-electron chi connectivity index (χ0n) is 15.8. The second-order valence-corrected chi connectivity index (χ2v) is 6.68. The van der Waals surface area contributed by atoms with Gasteiger partial charge in [-0.2, -0.15) is 0 Å². The van der Waals surface area contributed by atoms with Crippen LogP contribution in [0.25, 0.3) is 11.4 Å². The number of aryl methyl sites for hydroxylation is 1. The SMILES string of the molecule is COC(=O)c1ccccc1NC(=O)Cn1c(-c2cccc(Cl)c2)nc(C)cc1=O. The van der Waals surface area contributed by atoms with E-state index in [1.165, 1.54) is 17.7 Å². The first kappa shape index (κ1) is 20.3. The molecule has 29 heavy (non-hydrogen) atoms. The largest absolute Gasteiger partial charge is 0.465 e. The number of nitrogens with one attached hydrogen (secondary N) is 1. The molecule has 0 spiro atoms. The van der Waals surface area contributed by atoms with Crippen LogP contribution in [0.1, 0.15) is 16.1 Å². The summed E-state index contributed by atoms with van der Waals surface area (Å²) in [5.41, 5.74) is 1.28. The lowest BCUT2D eigenvalue weighted by Gasteiger charge is -2.14. The molecule has 7 nitrogen and oxygen atoms in total. The van der Waals surface area contributed by atoms with Gasteiger partial charge >= 0.3 is 5.97 Å². The Morgan fingerprint density at radius 1 is 1.14 bits per heavy atom. The molecule has 1 aromatic heterocycles. The Labute approximate surface area is 171 Å². The maximum absolute atomic E-state index is 12.7. The summed E-state index contributed by atoms with van der Waals surface area (Å²) in [5.74, 6) is -0.735. The number of carbonyl (C=O) groups is 2. The zero-order valence-corrected chi connectivity index (χ0v) is 16.6. The van der Waals surface area contributed by atoms with Crippen LogP contribution >= 0.6 is 11.6 Å². The van der Waals surface area contributed by atoms with E-state index in [9.17, 15) is 14.4 Å². The average Bonchev–Trinajstić information content (AvgIpc) is 2.69. The van der Waals surface area contributed by atoms with Crippen molar-refractivity contribution in [1.29, 1.82) is 0 Å². The normalized spacial score (nSPS) is 10.4. The number of carbonyl (C=O) groups excluding carboxylic acids is 2. The first-order valence-electron chi connectivity index (χ1n) is 8.70. The van der Waals surface area contributed by atoms with Crippen molar-refractivity contribution in [2.45, 2.75) is 13.5 Å². The van der Waals surface area contributed by atoms with Gasteiger partial charge in [-0.25, -0.2) is 9.78 Å². The predicted octanol–water partition coefficient (Wildman–Crippen LogP) is 3.30. The van der Waals surface area contributed by atoms with Crippen LogP contribution in [0.15, 0.2) is 59.4 Å². The fourth-order valence-corrected chi connectivity index (χ4v) is 3.03. The lowest BCUT2D eigenvalue weighted by atomic mass is 10.1. The minimum Gasteiger partial charge on any atom is -0.465 e. The second-order valence-electron chi connectivity index (χ2n) is 6.24. The number of amides is 1. The smallest absolute Gasteiger partial charge is 0.339 e. The number of benzene rings is 2. The van der Waals surface area contributed by atoms with Crippen LogP contribution in [-0.4, -0.2) is 28.5 Å². The Hall–Kier alpha value is -3.45. The number of halogens is 1. The molecule has 1 amide bonds. The Bertz CT molecular complexity index is 1140. The Morgan fingerprint density at radius 3 is 2.62 bits per heavy atom. The molecule has 1 N–H and O–H groups in total. The van der Waals surface area contributed by atoms with Crippen LogP contribution in [0.3, 0.4) is 0 Å². The van der Waals surface area contributed by atoms with Gasteiger partial charge in [0.2, 0.25) is 5.91 Å². The number of nitrogens with zero attached hydrogens (tertiary/aromatic N) is 2. The molecule has 0 saturated carbocycles. The third-order valence-corrected chi connectivity index (χ3v) is 4.36. The lowest BCUT2D eigenvalue weighted by molar-refractivity contribution is -0.116. The van der Waals surface area contributed by atoms with Gasteiger partial charge in [-0.15, -0.1) is 0 Å². The number of hydrogen-bond donors (Lipinski definition) is 1. The molecule has 0 aliphatic carbocycles. The number of anilines is 1. The monoisotopic (exact) mass is 411 g/mol. The Kier molecular flexibility index (Phi) is 6.09. The molecule has 0 fully saturated rings. The molecule has 1 heterocycles. The van der Waals surface area contributed by atoms with Crippen molar-refractivity contribution in [2.75, 3.05) is 12.4 Å². The van der Waals surface area contributed by atoms with E-state index in [1.807, 2.05) is 0 Å². The molecule has 148 valence electrons. The summed E-state index contributed by atoms with van der Waals surface area (Å²) in [6, 6.07) is 14.7. The summed E-state index contributed by atoms with van der Waals surface area (Å²) in [5, 5.41) is 3.14. The average molecular weight is 412 g/mol. The van der Waals surface area contributed by atoms with Gasteiger partial charge in [0.05, 0.1) is 18.4 Å². The van der Waals surface area contributed by atoms with Crippen molar-refractivity contribution in [2.24, 2.45) is 0 Å². The Morgan fingerprint density at radius 2 is 1.90 bits per heavy atom. The number of aromatic nitrogens is 2. The van der Waals surface area contributed by atoms with Crippen LogP contribution in [0, 0.1) is 6.92 Å². The van der Waals surface area contributed by atoms with E-state index in [4.69, 9.17) is 16.3 Å². The fourth-order valence-electron chi connectivity index (χ4n) is 2.83. The number of rotatable bonds is 5. The first-order valence-corrected chi connectivity index (χ1v) is 9.08. The number of hydrogen-bond acceptors (Lipinski definition) is 5. The number of para-hydroxylation sites is 1. The molecule has 0 atom stereocenters. The second kappa shape index (κ2) is 8.70. The minimum atomic E-state index is -0.574. The van der Waals surface area contributed by atoms with Crippen molar-refractivity contribution in [1.82, 2.24) is 9.55 Å². The third kappa shape index (κ3) is 4.70. The number of methoxy groups -OCH3 is 1. The van der Waals surface area contributed by atoms with E-state index in [0.29, 0.717) is 27.8 Å². The lowest BCUT2D eigenvalue weighted by Crippen LogP contribution is -2.30. The zero-order chi connectivity index (χ0) is 21.0. The molecule has 3 aromatic rings. The van der Waals surface area contributed by atoms with Gasteiger partial charge in [-0.1, -0.05) is 35.9 Å². The van der Waals surface area contributed by atoms with Gasteiger partial charge in [-0.05, 0) is 31.2 Å². The highest BCUT2D eigenvalue weighted by atomic mass is 35.5. The summed E-state index contributed by atoms with van der Waals surface area (Å²) >= 11 is 6.06. The van der Waals surface area contributed by atoms with Crippen LogP contribution in [-0.2, 0) is 16.1 Å². The maximum Gasteiger partial charge on any atom is 0.339 e. The topological polar surface area (TPSA) is 90.3 Å². The summed E-state index contributed by atoms with van der Waals surface area (Å²) < 4.78 is 5.99. The summed E-state index contributed by atoms with van der Waals surface area (Å²) in [6.07, 6.45) is 0. The summed E-state index contributed by atoms with van der Waals surface area (Å²) in [6.45, 7) is 1.41. The van der Waals surface area contributed by atoms with E-state index < -0.39 is 11.9 Å². The standard InChI is InChI=1S/C21H18ClN3O4/c1-13-10-19(27)25(20(23-13)14-6-5-7-15(22)11-14)12-18(26)24-17-9-4-3-8-16(17)21(28)29-2/h3-11H,12H2,1-2H3,(H,24,26). The van der Waals surface area contributed by atoms with Gasteiger partial charge in [0.15, 0.2) is 0 Å². The van der Waals surface area contributed by atoms with Crippen molar-refractivity contribution < 1.29 is 14.3 Å². The molecule has 0 bridgehead atoms. The summed E-state index contributed by atoms with van der Waals surface area (Å²) in [7, 11) is 1.26. The minimum absolute atomic E-state index is 0.216. The predicted molar refractivity (Wildman–Crippen MR) is 110 cm³/mol. The molecule has 0 aliphatic rings. The van der Waals surface area contributed by atoms with E-state index in [1.54, 1.807) is 55.5 Å². The van der Waals surface area contributed by atoms with Gasteiger partial charge in [0.25, 0.3) is 5.56 Å². The van der Waals surface area contributed by atoms with Crippen LogP contribution in [0.2, 0.25) is 5.02 Å². The Balaban J connectivity index is 1.94. The van der Waals surface area contributed by atoms with Crippen molar-refractivity contribution in [3.63, 3.8) is 0 Å².